The molecule has 21 heavy (non-hydrogen) atoms. The van der Waals surface area contributed by atoms with Crippen molar-refractivity contribution in [2.75, 3.05) is 13.2 Å². The highest BCUT2D eigenvalue weighted by Crippen LogP contribution is 2.31. The lowest BCUT2D eigenvalue weighted by molar-refractivity contribution is -0.0397. The van der Waals surface area contributed by atoms with Crippen molar-refractivity contribution in [1.82, 2.24) is 0 Å². The predicted octanol–water partition coefficient (Wildman–Crippen LogP) is 4.87. The van der Waals surface area contributed by atoms with Gasteiger partial charge in [0, 0.05) is 18.5 Å². The molecule has 2 aliphatic carbocycles. The zero-order chi connectivity index (χ0) is 15.1. The van der Waals surface area contributed by atoms with Crippen LogP contribution in [0.15, 0.2) is 0 Å². The van der Waals surface area contributed by atoms with Crippen LogP contribution in [-0.2, 0) is 9.47 Å². The fraction of sp³-hybridized carbons (Fsp3) is 1.00. The van der Waals surface area contributed by atoms with Gasteiger partial charge in [-0.05, 0) is 50.4 Å². The Kier molecular flexibility index (Phi) is 7.90. The third kappa shape index (κ3) is 6.11. The van der Waals surface area contributed by atoms with Gasteiger partial charge in [0.25, 0.3) is 0 Å². The second-order valence-corrected chi connectivity index (χ2v) is 7.89. The van der Waals surface area contributed by atoms with Crippen molar-refractivity contribution in [2.45, 2.75) is 89.1 Å². The first-order valence-corrected chi connectivity index (χ1v) is 9.62. The molecule has 2 aliphatic rings. The highest BCUT2D eigenvalue weighted by atomic mass is 32.1. The lowest BCUT2D eigenvalue weighted by Gasteiger charge is -2.35. The summed E-state index contributed by atoms with van der Waals surface area (Å²) < 4.78 is 12.2. The summed E-state index contributed by atoms with van der Waals surface area (Å²) in [5, 5.41) is 0.355. The summed E-state index contributed by atoms with van der Waals surface area (Å²) >= 11 is 4.77. The SMILES string of the molecule is CCCCOC1CCC(OCC2CCC(C)CC2)C(S)C1. The van der Waals surface area contributed by atoms with Crippen LogP contribution >= 0.6 is 12.6 Å². The highest BCUT2D eigenvalue weighted by molar-refractivity contribution is 7.81. The standard InChI is InChI=1S/C18H34O2S/c1-3-4-11-19-16-9-10-17(18(21)12-16)20-13-15-7-5-14(2)6-8-15/h14-18,21H,3-13H2,1-2H3. The molecule has 0 saturated heterocycles. The number of rotatable bonds is 7. The predicted molar refractivity (Wildman–Crippen MR) is 92.1 cm³/mol. The minimum absolute atomic E-state index is 0.346. The second kappa shape index (κ2) is 9.42. The van der Waals surface area contributed by atoms with Crippen molar-refractivity contribution in [1.29, 1.82) is 0 Å². The molecular formula is C18H34O2S. The maximum absolute atomic E-state index is 6.21. The minimum Gasteiger partial charge on any atom is -0.378 e. The van der Waals surface area contributed by atoms with E-state index >= 15 is 0 Å². The van der Waals surface area contributed by atoms with E-state index in [2.05, 4.69) is 13.8 Å². The summed E-state index contributed by atoms with van der Waals surface area (Å²) in [4.78, 5) is 0. The summed E-state index contributed by atoms with van der Waals surface area (Å²) in [6.45, 7) is 6.45. The van der Waals surface area contributed by atoms with Crippen LogP contribution in [0.25, 0.3) is 0 Å². The molecule has 0 aromatic heterocycles. The average Bonchev–Trinajstić information content (AvgIpc) is 2.48. The Hall–Kier alpha value is 0.270. The van der Waals surface area contributed by atoms with Crippen LogP contribution in [0.3, 0.4) is 0 Å². The molecule has 3 heteroatoms. The highest BCUT2D eigenvalue weighted by Gasteiger charge is 2.30. The van der Waals surface area contributed by atoms with Crippen molar-refractivity contribution < 1.29 is 9.47 Å². The molecular weight excluding hydrogens is 280 g/mol. The van der Waals surface area contributed by atoms with E-state index in [1.54, 1.807) is 0 Å². The van der Waals surface area contributed by atoms with Crippen molar-refractivity contribution in [3.05, 3.63) is 0 Å². The third-order valence-electron chi connectivity index (χ3n) is 5.24. The topological polar surface area (TPSA) is 18.5 Å². The molecule has 2 saturated carbocycles. The number of thiol groups is 1. The van der Waals surface area contributed by atoms with Crippen LogP contribution in [0, 0.1) is 11.8 Å². The van der Waals surface area contributed by atoms with E-state index in [1.807, 2.05) is 0 Å². The van der Waals surface area contributed by atoms with E-state index < -0.39 is 0 Å². The maximum Gasteiger partial charge on any atom is 0.0693 e. The van der Waals surface area contributed by atoms with Crippen molar-refractivity contribution in [3.63, 3.8) is 0 Å². The molecule has 0 spiro atoms. The van der Waals surface area contributed by atoms with Gasteiger partial charge in [-0.3, -0.25) is 0 Å². The quantitative estimate of drug-likeness (QED) is 0.534. The van der Waals surface area contributed by atoms with Gasteiger partial charge in [0.15, 0.2) is 0 Å². The Morgan fingerprint density at radius 2 is 1.76 bits per heavy atom. The van der Waals surface area contributed by atoms with E-state index in [0.717, 1.165) is 44.3 Å². The Bertz CT molecular complexity index is 276. The van der Waals surface area contributed by atoms with Crippen molar-refractivity contribution in [2.24, 2.45) is 11.8 Å². The number of hydrogen-bond donors (Lipinski definition) is 1. The first kappa shape index (κ1) is 17.6. The molecule has 2 nitrogen and oxygen atoms in total. The molecule has 2 rings (SSSR count). The molecule has 0 aromatic rings. The zero-order valence-corrected chi connectivity index (χ0v) is 14.8. The molecule has 3 unspecified atom stereocenters. The number of hydrogen-bond acceptors (Lipinski definition) is 3. The molecule has 124 valence electrons. The summed E-state index contributed by atoms with van der Waals surface area (Å²) in [6, 6.07) is 0. The molecule has 0 aromatic carbocycles. The van der Waals surface area contributed by atoms with E-state index in [0.29, 0.717) is 17.5 Å². The molecule has 0 heterocycles. The van der Waals surface area contributed by atoms with E-state index in [4.69, 9.17) is 22.1 Å². The normalized spacial score (nSPS) is 37.6. The Labute approximate surface area is 136 Å². The monoisotopic (exact) mass is 314 g/mol. The van der Waals surface area contributed by atoms with Gasteiger partial charge in [0.2, 0.25) is 0 Å². The average molecular weight is 315 g/mol. The molecule has 0 amide bonds. The smallest absolute Gasteiger partial charge is 0.0693 e. The van der Waals surface area contributed by atoms with Crippen LogP contribution in [0.2, 0.25) is 0 Å². The summed E-state index contributed by atoms with van der Waals surface area (Å²) in [5.74, 6) is 1.72. The van der Waals surface area contributed by atoms with Crippen LogP contribution in [0.5, 0.6) is 0 Å². The lowest BCUT2D eigenvalue weighted by atomic mass is 9.83. The largest absolute Gasteiger partial charge is 0.378 e. The first-order chi connectivity index (χ1) is 10.2. The number of unbranched alkanes of at least 4 members (excludes halogenated alkanes) is 1. The van der Waals surface area contributed by atoms with Crippen LogP contribution in [0.4, 0.5) is 0 Å². The van der Waals surface area contributed by atoms with Crippen LogP contribution < -0.4 is 0 Å². The van der Waals surface area contributed by atoms with Crippen molar-refractivity contribution >= 4 is 12.6 Å². The summed E-state index contributed by atoms with van der Waals surface area (Å²) in [7, 11) is 0. The Morgan fingerprint density at radius 1 is 1.00 bits per heavy atom. The number of ether oxygens (including phenoxy) is 2. The van der Waals surface area contributed by atoms with Gasteiger partial charge in [-0.25, -0.2) is 0 Å². The molecule has 0 N–H and O–H groups in total. The molecule has 3 atom stereocenters. The molecule has 0 aliphatic heterocycles. The van der Waals surface area contributed by atoms with Gasteiger partial charge in [-0.15, -0.1) is 0 Å². The third-order valence-corrected chi connectivity index (χ3v) is 5.78. The van der Waals surface area contributed by atoms with Crippen molar-refractivity contribution in [3.8, 4) is 0 Å². The van der Waals surface area contributed by atoms with Crippen LogP contribution in [0.1, 0.15) is 71.6 Å². The fourth-order valence-electron chi connectivity index (χ4n) is 3.58. The van der Waals surface area contributed by atoms with E-state index in [1.165, 1.54) is 38.5 Å². The molecule has 0 bridgehead atoms. The van der Waals surface area contributed by atoms with Gasteiger partial charge in [0.1, 0.15) is 0 Å². The van der Waals surface area contributed by atoms with Crippen LogP contribution in [-0.4, -0.2) is 30.7 Å². The second-order valence-electron chi connectivity index (χ2n) is 7.22. The maximum atomic E-state index is 6.21. The van der Waals surface area contributed by atoms with Gasteiger partial charge in [-0.1, -0.05) is 33.1 Å². The molecule has 2 fully saturated rings. The Morgan fingerprint density at radius 3 is 2.43 bits per heavy atom. The van der Waals surface area contributed by atoms with E-state index in [-0.39, 0.29) is 0 Å². The molecule has 0 radical (unpaired) electrons. The van der Waals surface area contributed by atoms with Gasteiger partial charge >= 0.3 is 0 Å². The van der Waals surface area contributed by atoms with Gasteiger partial charge < -0.3 is 9.47 Å². The lowest BCUT2D eigenvalue weighted by Crippen LogP contribution is -2.37. The summed E-state index contributed by atoms with van der Waals surface area (Å²) in [6.07, 6.45) is 11.9. The van der Waals surface area contributed by atoms with E-state index in [9.17, 15) is 0 Å². The zero-order valence-electron chi connectivity index (χ0n) is 13.9. The van der Waals surface area contributed by atoms with Gasteiger partial charge in [-0.2, -0.15) is 12.6 Å². The minimum atomic E-state index is 0.346. The fourth-order valence-corrected chi connectivity index (χ4v) is 4.05. The van der Waals surface area contributed by atoms with Gasteiger partial charge in [0.05, 0.1) is 12.2 Å². The summed E-state index contributed by atoms with van der Waals surface area (Å²) in [5.41, 5.74) is 0. The Balaban J connectivity index is 1.62. The first-order valence-electron chi connectivity index (χ1n) is 9.10.